The molecule has 22 heavy (non-hydrogen) atoms. The van der Waals surface area contributed by atoms with Gasteiger partial charge in [-0.15, -0.1) is 0 Å². The molecule has 2 N–H and O–H groups in total. The van der Waals surface area contributed by atoms with Crippen LogP contribution >= 0.6 is 0 Å². The molecule has 2 saturated heterocycles. The van der Waals surface area contributed by atoms with E-state index in [1.165, 1.54) is 6.42 Å². The number of amides is 1. The summed E-state index contributed by atoms with van der Waals surface area (Å²) in [5.41, 5.74) is 0. The Kier molecular flexibility index (Phi) is 7.63. The highest BCUT2D eigenvalue weighted by molar-refractivity contribution is 5.82. The molecule has 1 amide bonds. The van der Waals surface area contributed by atoms with E-state index in [2.05, 4.69) is 29.4 Å². The molecule has 2 unspecified atom stereocenters. The van der Waals surface area contributed by atoms with E-state index in [4.69, 9.17) is 4.74 Å². The molecule has 0 aliphatic carbocycles. The zero-order valence-electron chi connectivity index (χ0n) is 14.3. The molecule has 0 spiro atoms. The molecule has 2 fully saturated rings. The van der Waals surface area contributed by atoms with Gasteiger partial charge in [-0.25, -0.2) is 0 Å². The Morgan fingerprint density at radius 1 is 1.32 bits per heavy atom. The summed E-state index contributed by atoms with van der Waals surface area (Å²) in [7, 11) is 0. The van der Waals surface area contributed by atoms with Crippen LogP contribution in [0, 0.1) is 11.8 Å². The van der Waals surface area contributed by atoms with Crippen LogP contribution in [0.1, 0.15) is 39.5 Å². The van der Waals surface area contributed by atoms with Crippen molar-refractivity contribution in [3.8, 4) is 0 Å². The molecular weight excluding hydrogens is 278 g/mol. The fourth-order valence-corrected chi connectivity index (χ4v) is 3.73. The number of nitrogens with zero attached hydrogens (tertiary/aromatic N) is 1. The van der Waals surface area contributed by atoms with Crippen LogP contribution in [0.2, 0.25) is 0 Å². The Labute approximate surface area is 135 Å². The van der Waals surface area contributed by atoms with Crippen molar-refractivity contribution in [3.63, 3.8) is 0 Å². The molecule has 0 aromatic heterocycles. The molecular formula is C17H33N3O2. The monoisotopic (exact) mass is 311 g/mol. The number of hydrogen-bond acceptors (Lipinski definition) is 4. The molecule has 2 rings (SSSR count). The first kappa shape index (κ1) is 17.7. The van der Waals surface area contributed by atoms with Gasteiger partial charge in [0.2, 0.25) is 5.91 Å². The van der Waals surface area contributed by atoms with E-state index in [-0.39, 0.29) is 11.9 Å². The van der Waals surface area contributed by atoms with Crippen molar-refractivity contribution >= 4 is 5.91 Å². The molecule has 2 aliphatic rings. The van der Waals surface area contributed by atoms with Crippen LogP contribution in [0.15, 0.2) is 0 Å². The zero-order chi connectivity index (χ0) is 15.8. The van der Waals surface area contributed by atoms with E-state index in [0.29, 0.717) is 5.92 Å². The molecule has 128 valence electrons. The Bertz CT molecular complexity index is 322. The van der Waals surface area contributed by atoms with Crippen molar-refractivity contribution in [1.29, 1.82) is 0 Å². The number of carbonyl (C=O) groups excluding carboxylic acids is 1. The summed E-state index contributed by atoms with van der Waals surface area (Å²) >= 11 is 0. The third kappa shape index (κ3) is 4.93. The fourth-order valence-electron chi connectivity index (χ4n) is 3.73. The second-order valence-electron chi connectivity index (χ2n) is 6.61. The van der Waals surface area contributed by atoms with Crippen LogP contribution in [-0.2, 0) is 9.53 Å². The maximum Gasteiger partial charge on any atom is 0.237 e. The van der Waals surface area contributed by atoms with Gasteiger partial charge in [-0.2, -0.15) is 0 Å². The summed E-state index contributed by atoms with van der Waals surface area (Å²) in [6.07, 6.45) is 4.45. The number of rotatable bonds is 8. The smallest absolute Gasteiger partial charge is 0.237 e. The first-order valence-corrected chi connectivity index (χ1v) is 9.06. The van der Waals surface area contributed by atoms with Gasteiger partial charge in [0.25, 0.3) is 0 Å². The van der Waals surface area contributed by atoms with Crippen LogP contribution in [0.4, 0.5) is 0 Å². The lowest BCUT2D eigenvalue weighted by molar-refractivity contribution is -0.130. The summed E-state index contributed by atoms with van der Waals surface area (Å²) in [4.78, 5) is 15.1. The minimum atomic E-state index is 0.0144. The van der Waals surface area contributed by atoms with Crippen molar-refractivity contribution in [2.24, 2.45) is 11.8 Å². The van der Waals surface area contributed by atoms with Gasteiger partial charge in [-0.05, 0) is 37.8 Å². The van der Waals surface area contributed by atoms with E-state index in [1.807, 2.05) is 0 Å². The lowest BCUT2D eigenvalue weighted by Gasteiger charge is -2.37. The molecule has 2 heterocycles. The molecule has 0 radical (unpaired) electrons. The summed E-state index contributed by atoms with van der Waals surface area (Å²) in [5.74, 6) is 1.39. The third-order valence-electron chi connectivity index (χ3n) is 5.22. The van der Waals surface area contributed by atoms with Crippen LogP contribution in [0.25, 0.3) is 0 Å². The first-order valence-electron chi connectivity index (χ1n) is 9.06. The second kappa shape index (κ2) is 9.48. The van der Waals surface area contributed by atoms with Crippen LogP contribution < -0.4 is 10.6 Å². The molecule has 5 nitrogen and oxygen atoms in total. The number of nitrogens with one attached hydrogen (secondary N) is 2. The van der Waals surface area contributed by atoms with Gasteiger partial charge >= 0.3 is 0 Å². The van der Waals surface area contributed by atoms with Gasteiger partial charge in [-0.3, -0.25) is 9.69 Å². The van der Waals surface area contributed by atoms with Gasteiger partial charge in [0.1, 0.15) is 0 Å². The standard InChI is InChI=1S/C17H33N3O2/c1-3-15(4-2)16(20-9-11-22-12-10-20)17(21)19-8-6-14-5-7-18-13-14/h14-16,18H,3-13H2,1-2H3,(H,19,21). The highest BCUT2D eigenvalue weighted by atomic mass is 16.5. The summed E-state index contributed by atoms with van der Waals surface area (Å²) < 4.78 is 5.44. The molecule has 0 bridgehead atoms. The topological polar surface area (TPSA) is 53.6 Å². The van der Waals surface area contributed by atoms with Crippen LogP contribution in [0.3, 0.4) is 0 Å². The maximum atomic E-state index is 12.8. The highest BCUT2D eigenvalue weighted by Crippen LogP contribution is 2.20. The number of morpholine rings is 1. The zero-order valence-corrected chi connectivity index (χ0v) is 14.3. The van der Waals surface area contributed by atoms with Gasteiger partial charge in [0, 0.05) is 19.6 Å². The second-order valence-corrected chi connectivity index (χ2v) is 6.61. The normalized spacial score (nSPS) is 24.6. The molecule has 0 saturated carbocycles. The van der Waals surface area contributed by atoms with E-state index in [9.17, 15) is 4.79 Å². The Hall–Kier alpha value is -0.650. The largest absolute Gasteiger partial charge is 0.379 e. The van der Waals surface area contributed by atoms with E-state index in [0.717, 1.165) is 71.1 Å². The summed E-state index contributed by atoms with van der Waals surface area (Å²) in [6, 6.07) is 0.0144. The molecule has 0 aromatic carbocycles. The Morgan fingerprint density at radius 2 is 2.05 bits per heavy atom. The van der Waals surface area contributed by atoms with Crippen molar-refractivity contribution in [2.45, 2.75) is 45.6 Å². The minimum absolute atomic E-state index is 0.0144. The maximum absolute atomic E-state index is 12.8. The van der Waals surface area contributed by atoms with Gasteiger partial charge in [-0.1, -0.05) is 26.7 Å². The lowest BCUT2D eigenvalue weighted by atomic mass is 9.91. The SMILES string of the molecule is CCC(CC)C(C(=O)NCCC1CCNC1)N1CCOCC1. The van der Waals surface area contributed by atoms with E-state index in [1.54, 1.807) is 0 Å². The van der Waals surface area contributed by atoms with Crippen molar-refractivity contribution in [2.75, 3.05) is 45.9 Å². The summed E-state index contributed by atoms with van der Waals surface area (Å²) in [6.45, 7) is 10.7. The van der Waals surface area contributed by atoms with E-state index < -0.39 is 0 Å². The molecule has 2 atom stereocenters. The number of hydrogen-bond donors (Lipinski definition) is 2. The van der Waals surface area contributed by atoms with E-state index >= 15 is 0 Å². The van der Waals surface area contributed by atoms with Crippen molar-refractivity contribution < 1.29 is 9.53 Å². The number of carbonyl (C=O) groups is 1. The average Bonchev–Trinajstić information content (AvgIpc) is 3.06. The van der Waals surface area contributed by atoms with Crippen molar-refractivity contribution in [1.82, 2.24) is 15.5 Å². The number of ether oxygens (including phenoxy) is 1. The fraction of sp³-hybridized carbons (Fsp3) is 0.941. The predicted octanol–water partition coefficient (Wildman–Crippen LogP) is 1.24. The molecule has 0 aromatic rings. The predicted molar refractivity (Wildman–Crippen MR) is 88.9 cm³/mol. The van der Waals surface area contributed by atoms with Gasteiger partial charge < -0.3 is 15.4 Å². The first-order chi connectivity index (χ1) is 10.8. The lowest BCUT2D eigenvalue weighted by Crippen LogP contribution is -2.54. The minimum Gasteiger partial charge on any atom is -0.379 e. The van der Waals surface area contributed by atoms with Crippen LogP contribution in [0.5, 0.6) is 0 Å². The molecule has 5 heteroatoms. The summed E-state index contributed by atoms with van der Waals surface area (Å²) in [5, 5.41) is 6.59. The Balaban J connectivity index is 1.86. The quantitative estimate of drug-likeness (QED) is 0.708. The highest BCUT2D eigenvalue weighted by Gasteiger charge is 2.32. The van der Waals surface area contributed by atoms with Crippen molar-refractivity contribution in [3.05, 3.63) is 0 Å². The molecule has 2 aliphatic heterocycles. The Morgan fingerprint density at radius 3 is 2.64 bits per heavy atom. The van der Waals surface area contributed by atoms with Crippen LogP contribution in [-0.4, -0.2) is 62.8 Å². The average molecular weight is 311 g/mol. The third-order valence-corrected chi connectivity index (χ3v) is 5.22. The van der Waals surface area contributed by atoms with Gasteiger partial charge in [0.15, 0.2) is 0 Å². The van der Waals surface area contributed by atoms with Gasteiger partial charge in [0.05, 0.1) is 19.3 Å².